The van der Waals surface area contributed by atoms with E-state index in [1.807, 2.05) is 0 Å². The molecule has 0 fully saturated rings. The summed E-state index contributed by atoms with van der Waals surface area (Å²) >= 11 is 0. The fourth-order valence-electron chi connectivity index (χ4n) is 3.20. The van der Waals surface area contributed by atoms with E-state index in [2.05, 4.69) is 19.1 Å². The van der Waals surface area contributed by atoms with Gasteiger partial charge >= 0.3 is 17.9 Å². The van der Waals surface area contributed by atoms with Gasteiger partial charge in [0.2, 0.25) is 0 Å². The van der Waals surface area contributed by atoms with E-state index in [4.69, 9.17) is 15.3 Å². The van der Waals surface area contributed by atoms with E-state index < -0.39 is 17.9 Å². The number of unbranched alkanes of at least 4 members (excludes halogenated alkanes) is 11. The molecule has 0 aromatic heterocycles. The molecule has 0 aliphatic carbocycles. The van der Waals surface area contributed by atoms with Gasteiger partial charge in [-0.25, -0.2) is 9.59 Å². The third-order valence-electron chi connectivity index (χ3n) is 5.04. The van der Waals surface area contributed by atoms with Crippen LogP contribution in [0.5, 0.6) is 0 Å². The van der Waals surface area contributed by atoms with Gasteiger partial charge in [-0.05, 0) is 44.2 Å². The number of carboxylic acids is 3. The minimum Gasteiger partial charge on any atom is -0.481 e. The largest absolute Gasteiger partial charge is 0.481 e. The smallest absolute Gasteiger partial charge is 0.336 e. The fourth-order valence-corrected chi connectivity index (χ4v) is 3.20. The normalized spacial score (nSPS) is 10.5. The Hall–Kier alpha value is -2.63. The first-order valence-corrected chi connectivity index (χ1v) is 11.8. The van der Waals surface area contributed by atoms with Crippen molar-refractivity contribution >= 4 is 17.9 Å². The van der Waals surface area contributed by atoms with Crippen LogP contribution in [0.2, 0.25) is 0 Å². The molecule has 1 aromatic rings. The third-order valence-corrected chi connectivity index (χ3v) is 5.04. The van der Waals surface area contributed by atoms with Gasteiger partial charge < -0.3 is 15.3 Å². The van der Waals surface area contributed by atoms with Gasteiger partial charge in [-0.1, -0.05) is 82.6 Å². The Kier molecular flexibility index (Phi) is 18.6. The highest BCUT2D eigenvalue weighted by Gasteiger charge is 2.13. The number of aromatic carboxylic acids is 2. The number of carbonyl (C=O) groups is 3. The monoisotopic (exact) mass is 448 g/mol. The van der Waals surface area contributed by atoms with E-state index in [-0.39, 0.29) is 11.1 Å². The fraction of sp³-hybridized carbons (Fsp3) is 0.577. The molecule has 0 aliphatic rings. The lowest BCUT2D eigenvalue weighted by atomic mass is 10.1. The maximum atomic E-state index is 10.5. The van der Waals surface area contributed by atoms with E-state index in [9.17, 15) is 14.4 Å². The third kappa shape index (κ3) is 17.1. The van der Waals surface area contributed by atoms with Crippen molar-refractivity contribution in [1.82, 2.24) is 0 Å². The first-order valence-electron chi connectivity index (χ1n) is 11.8. The second kappa shape index (κ2) is 20.3. The number of hydrogen-bond acceptors (Lipinski definition) is 3. The molecule has 0 unspecified atom stereocenters. The second-order valence-electron chi connectivity index (χ2n) is 7.88. The Bertz CT molecular complexity index is 648. The van der Waals surface area contributed by atoms with Gasteiger partial charge in [-0.3, -0.25) is 4.79 Å². The second-order valence-corrected chi connectivity index (χ2v) is 7.88. The first-order chi connectivity index (χ1) is 15.4. The van der Waals surface area contributed by atoms with Gasteiger partial charge in [0.05, 0.1) is 11.1 Å². The van der Waals surface area contributed by atoms with Crippen LogP contribution in [-0.4, -0.2) is 33.2 Å². The average molecular weight is 449 g/mol. The summed E-state index contributed by atoms with van der Waals surface area (Å²) in [5.41, 5.74) is -0.380. The van der Waals surface area contributed by atoms with Crippen molar-refractivity contribution in [2.24, 2.45) is 0 Å². The number of hydrogen-bond donors (Lipinski definition) is 3. The zero-order valence-corrected chi connectivity index (χ0v) is 19.4. The molecule has 1 rings (SSSR count). The summed E-state index contributed by atoms with van der Waals surface area (Å²) in [5, 5.41) is 25.6. The van der Waals surface area contributed by atoms with Crippen molar-refractivity contribution in [3.63, 3.8) is 0 Å². The molecule has 0 saturated carbocycles. The summed E-state index contributed by atoms with van der Waals surface area (Å²) in [6, 6.07) is 5.48. The zero-order chi connectivity index (χ0) is 24.0. The summed E-state index contributed by atoms with van der Waals surface area (Å²) in [5.74, 6) is -3.12. The highest BCUT2D eigenvalue weighted by atomic mass is 16.4. The van der Waals surface area contributed by atoms with Crippen molar-refractivity contribution in [3.8, 4) is 0 Å². The van der Waals surface area contributed by atoms with Crippen LogP contribution in [0.4, 0.5) is 0 Å². The molecule has 1 aromatic carbocycles. The van der Waals surface area contributed by atoms with Crippen LogP contribution in [0.3, 0.4) is 0 Å². The van der Waals surface area contributed by atoms with Gasteiger partial charge in [0.15, 0.2) is 0 Å². The first kappa shape index (κ1) is 29.4. The molecule has 0 saturated heterocycles. The van der Waals surface area contributed by atoms with E-state index >= 15 is 0 Å². The molecule has 0 radical (unpaired) electrons. The van der Waals surface area contributed by atoms with Crippen LogP contribution >= 0.6 is 0 Å². The Morgan fingerprint density at radius 1 is 0.656 bits per heavy atom. The molecule has 32 heavy (non-hydrogen) atoms. The molecule has 3 N–H and O–H groups in total. The molecule has 0 atom stereocenters. The maximum Gasteiger partial charge on any atom is 0.336 e. The quantitative estimate of drug-likeness (QED) is 0.172. The van der Waals surface area contributed by atoms with Crippen molar-refractivity contribution < 1.29 is 29.7 Å². The minimum absolute atomic E-state index is 0.190. The predicted molar refractivity (Wildman–Crippen MR) is 127 cm³/mol. The molecule has 0 amide bonds. The lowest BCUT2D eigenvalue weighted by Gasteiger charge is -1.99. The Morgan fingerprint density at radius 3 is 1.47 bits per heavy atom. The summed E-state index contributed by atoms with van der Waals surface area (Å²) in [6.45, 7) is 2.26. The van der Waals surface area contributed by atoms with Crippen LogP contribution in [0, 0.1) is 0 Å². The minimum atomic E-state index is -1.23. The van der Waals surface area contributed by atoms with Crippen molar-refractivity contribution in [2.45, 2.75) is 96.8 Å². The average Bonchev–Trinajstić information content (AvgIpc) is 2.76. The van der Waals surface area contributed by atoms with E-state index in [1.54, 1.807) is 0 Å². The zero-order valence-electron chi connectivity index (χ0n) is 19.4. The number of rotatable bonds is 17. The van der Waals surface area contributed by atoms with E-state index in [0.29, 0.717) is 6.42 Å². The number of aliphatic carboxylic acids is 1. The lowest BCUT2D eigenvalue weighted by molar-refractivity contribution is -0.137. The van der Waals surface area contributed by atoms with Crippen molar-refractivity contribution in [3.05, 3.63) is 47.5 Å². The molecule has 0 aliphatic heterocycles. The van der Waals surface area contributed by atoms with Gasteiger partial charge in [-0.15, -0.1) is 0 Å². The molecule has 0 bridgehead atoms. The predicted octanol–water partition coefficient (Wildman–Crippen LogP) is 7.19. The Morgan fingerprint density at radius 2 is 1.06 bits per heavy atom. The van der Waals surface area contributed by atoms with Gasteiger partial charge in [-0.2, -0.15) is 0 Å². The van der Waals surface area contributed by atoms with Gasteiger partial charge in [0, 0.05) is 6.42 Å². The molecular weight excluding hydrogens is 408 g/mol. The van der Waals surface area contributed by atoms with Crippen LogP contribution in [0.1, 0.15) is 118 Å². The molecular formula is C26H40O6. The van der Waals surface area contributed by atoms with E-state index in [1.165, 1.54) is 94.9 Å². The van der Waals surface area contributed by atoms with Crippen LogP contribution in [0.25, 0.3) is 0 Å². The Balaban J connectivity index is 0.000000677. The summed E-state index contributed by atoms with van der Waals surface area (Å²) < 4.78 is 0. The summed E-state index contributed by atoms with van der Waals surface area (Å²) in [6.07, 6.45) is 21.2. The SMILES string of the molecule is CCCCCCCCC=CCCCCCCCC(=O)O.O=C(O)c1ccccc1C(=O)O. The standard InChI is InChI=1S/C18H34O2.C8H6O4/c1-2-3-4-5-6-7-8-9-10-11-12-13-14-15-16-17-18(19)20;9-7(10)5-3-1-2-4-6(5)8(11)12/h9-10H,2-8,11-17H2,1H3,(H,19,20);1-4H,(H,9,10)(H,11,12). The topological polar surface area (TPSA) is 112 Å². The summed E-state index contributed by atoms with van der Waals surface area (Å²) in [7, 11) is 0. The van der Waals surface area contributed by atoms with Crippen LogP contribution in [-0.2, 0) is 4.79 Å². The molecule has 0 spiro atoms. The number of benzene rings is 1. The van der Waals surface area contributed by atoms with Crippen LogP contribution < -0.4 is 0 Å². The number of carboxylic acid groups (broad SMARTS) is 3. The summed E-state index contributed by atoms with van der Waals surface area (Å²) in [4.78, 5) is 31.2. The molecule has 0 heterocycles. The molecule has 6 heteroatoms. The Labute approximate surface area is 192 Å². The highest BCUT2D eigenvalue weighted by Crippen LogP contribution is 2.10. The van der Waals surface area contributed by atoms with Crippen molar-refractivity contribution in [1.29, 1.82) is 0 Å². The molecule has 6 nitrogen and oxygen atoms in total. The lowest BCUT2D eigenvalue weighted by Crippen LogP contribution is -2.06. The van der Waals surface area contributed by atoms with Gasteiger partial charge in [0.1, 0.15) is 0 Å². The maximum absolute atomic E-state index is 10.5. The molecule has 180 valence electrons. The van der Waals surface area contributed by atoms with Gasteiger partial charge in [0.25, 0.3) is 0 Å². The highest BCUT2D eigenvalue weighted by molar-refractivity contribution is 6.01. The number of allylic oxidation sites excluding steroid dienone is 2. The van der Waals surface area contributed by atoms with Crippen molar-refractivity contribution in [2.75, 3.05) is 0 Å². The van der Waals surface area contributed by atoms with Crippen LogP contribution in [0.15, 0.2) is 36.4 Å². The van der Waals surface area contributed by atoms with E-state index in [0.717, 1.165) is 12.8 Å².